The number of nitrogens with zero attached hydrogens (tertiary/aromatic N) is 1. The van der Waals surface area contributed by atoms with Crippen molar-refractivity contribution in [3.63, 3.8) is 0 Å². The first-order valence-electron chi connectivity index (χ1n) is 8.50. The van der Waals surface area contributed by atoms with Gasteiger partial charge in [0, 0.05) is 16.6 Å². The molecule has 0 bridgehead atoms. The van der Waals surface area contributed by atoms with Crippen LogP contribution in [0.25, 0.3) is 10.6 Å². The third kappa shape index (κ3) is 3.78. The zero-order valence-electron chi connectivity index (χ0n) is 15.4. The van der Waals surface area contributed by atoms with Crippen molar-refractivity contribution in [1.29, 1.82) is 0 Å². The molecule has 0 fully saturated rings. The molecule has 0 saturated carbocycles. The average molecular weight is 366 g/mol. The van der Waals surface area contributed by atoms with Crippen LogP contribution < -0.4 is 10.1 Å². The highest BCUT2D eigenvalue weighted by molar-refractivity contribution is 7.13. The van der Waals surface area contributed by atoms with Crippen molar-refractivity contribution in [3.05, 3.63) is 64.7 Å². The normalized spacial score (nSPS) is 10.8. The minimum absolute atomic E-state index is 0.183. The number of hydrogen-bond acceptors (Lipinski definition) is 4. The van der Waals surface area contributed by atoms with Gasteiger partial charge in [-0.1, -0.05) is 32.0 Å². The zero-order valence-corrected chi connectivity index (χ0v) is 16.2. The summed E-state index contributed by atoms with van der Waals surface area (Å²) in [6.07, 6.45) is 0. The Morgan fingerprint density at radius 3 is 2.54 bits per heavy atom. The van der Waals surface area contributed by atoms with E-state index < -0.39 is 0 Å². The Morgan fingerprint density at radius 2 is 1.88 bits per heavy atom. The predicted molar refractivity (Wildman–Crippen MR) is 107 cm³/mol. The van der Waals surface area contributed by atoms with E-state index >= 15 is 0 Å². The van der Waals surface area contributed by atoms with Gasteiger partial charge in [0.2, 0.25) is 0 Å². The number of para-hydroxylation sites is 1. The molecule has 134 valence electrons. The van der Waals surface area contributed by atoms with E-state index in [-0.39, 0.29) is 5.91 Å². The molecule has 26 heavy (non-hydrogen) atoms. The summed E-state index contributed by atoms with van der Waals surface area (Å²) in [5.41, 5.74) is 4.46. The highest BCUT2D eigenvalue weighted by Crippen LogP contribution is 2.29. The van der Waals surface area contributed by atoms with E-state index in [9.17, 15) is 4.79 Å². The molecule has 0 aliphatic carbocycles. The van der Waals surface area contributed by atoms with Crippen molar-refractivity contribution in [3.8, 4) is 16.3 Å². The van der Waals surface area contributed by atoms with Crippen LogP contribution in [-0.2, 0) is 0 Å². The fraction of sp³-hybridized carbons (Fsp3) is 0.238. The number of benzene rings is 2. The third-order valence-electron chi connectivity index (χ3n) is 4.24. The Morgan fingerprint density at radius 1 is 1.15 bits per heavy atom. The number of amides is 1. The van der Waals surface area contributed by atoms with E-state index in [0.717, 1.165) is 33.1 Å². The molecular weight excluding hydrogens is 344 g/mol. The van der Waals surface area contributed by atoms with E-state index in [1.165, 1.54) is 11.3 Å². The monoisotopic (exact) mass is 366 g/mol. The number of nitrogens with one attached hydrogen (secondary N) is 1. The zero-order chi connectivity index (χ0) is 18.7. The molecular formula is C21H22N2O2S. The van der Waals surface area contributed by atoms with Crippen molar-refractivity contribution in [2.24, 2.45) is 0 Å². The largest absolute Gasteiger partial charge is 0.497 e. The summed E-state index contributed by atoms with van der Waals surface area (Å²) in [5.74, 6) is 0.941. The number of carbonyl (C=O) groups is 1. The maximum atomic E-state index is 12.7. The number of rotatable bonds is 5. The number of hydrogen-bond donors (Lipinski definition) is 1. The van der Waals surface area contributed by atoms with Gasteiger partial charge in [0.05, 0.1) is 7.11 Å². The van der Waals surface area contributed by atoms with E-state index in [1.807, 2.05) is 43.3 Å². The SMILES string of the molecule is COc1ccc(-c2nc(C(=O)Nc3c(C)cccc3C(C)C)cs2)cc1. The van der Waals surface area contributed by atoms with Crippen LogP contribution >= 0.6 is 11.3 Å². The lowest BCUT2D eigenvalue weighted by molar-refractivity contribution is 0.102. The van der Waals surface area contributed by atoms with Crippen molar-refractivity contribution < 1.29 is 9.53 Å². The summed E-state index contributed by atoms with van der Waals surface area (Å²) < 4.78 is 5.18. The van der Waals surface area contributed by atoms with E-state index in [4.69, 9.17) is 4.74 Å². The fourth-order valence-electron chi connectivity index (χ4n) is 2.76. The molecule has 2 aromatic carbocycles. The van der Waals surface area contributed by atoms with Crippen LogP contribution in [0.1, 0.15) is 41.4 Å². The number of anilines is 1. The number of aryl methyl sites for hydroxylation is 1. The van der Waals surface area contributed by atoms with Crippen molar-refractivity contribution in [2.75, 3.05) is 12.4 Å². The van der Waals surface area contributed by atoms with Gasteiger partial charge in [-0.25, -0.2) is 4.98 Å². The molecule has 0 radical (unpaired) electrons. The van der Waals surface area contributed by atoms with Crippen LogP contribution in [-0.4, -0.2) is 18.0 Å². The molecule has 5 heteroatoms. The number of aromatic nitrogens is 1. The lowest BCUT2D eigenvalue weighted by Gasteiger charge is -2.15. The Labute approximate surface area is 157 Å². The summed E-state index contributed by atoms with van der Waals surface area (Å²) in [6.45, 7) is 6.25. The highest BCUT2D eigenvalue weighted by atomic mass is 32.1. The molecule has 0 aliphatic rings. The van der Waals surface area contributed by atoms with Gasteiger partial charge in [-0.05, 0) is 48.2 Å². The highest BCUT2D eigenvalue weighted by Gasteiger charge is 2.16. The Hall–Kier alpha value is -2.66. The molecule has 0 atom stereocenters. The maximum absolute atomic E-state index is 12.7. The summed E-state index contributed by atoms with van der Waals surface area (Å²) in [4.78, 5) is 17.2. The van der Waals surface area contributed by atoms with Crippen molar-refractivity contribution in [2.45, 2.75) is 26.7 Å². The van der Waals surface area contributed by atoms with Crippen LogP contribution in [0.5, 0.6) is 5.75 Å². The number of methoxy groups -OCH3 is 1. The minimum Gasteiger partial charge on any atom is -0.497 e. The van der Waals surface area contributed by atoms with Crippen LogP contribution in [0.2, 0.25) is 0 Å². The summed E-state index contributed by atoms with van der Waals surface area (Å²) in [7, 11) is 1.64. The van der Waals surface area contributed by atoms with Gasteiger partial charge in [-0.2, -0.15) is 0 Å². The first kappa shape index (κ1) is 18.1. The molecule has 1 N–H and O–H groups in total. The van der Waals surface area contributed by atoms with E-state index in [0.29, 0.717) is 11.6 Å². The molecule has 0 aliphatic heterocycles. The van der Waals surface area contributed by atoms with E-state index in [2.05, 4.69) is 30.2 Å². The summed E-state index contributed by atoms with van der Waals surface area (Å²) in [5, 5.41) is 5.65. The van der Waals surface area contributed by atoms with Crippen LogP contribution in [0, 0.1) is 6.92 Å². The molecule has 3 rings (SSSR count). The van der Waals surface area contributed by atoms with Gasteiger partial charge in [0.1, 0.15) is 16.5 Å². The van der Waals surface area contributed by atoms with Gasteiger partial charge in [0.15, 0.2) is 0 Å². The summed E-state index contributed by atoms with van der Waals surface area (Å²) in [6, 6.07) is 13.7. The molecule has 0 saturated heterocycles. The molecule has 1 amide bonds. The quantitative estimate of drug-likeness (QED) is 0.648. The summed E-state index contributed by atoms with van der Waals surface area (Å²) >= 11 is 1.46. The van der Waals surface area contributed by atoms with Crippen LogP contribution in [0.15, 0.2) is 47.8 Å². The number of carbonyl (C=O) groups excluding carboxylic acids is 1. The first-order valence-corrected chi connectivity index (χ1v) is 9.38. The lowest BCUT2D eigenvalue weighted by Crippen LogP contribution is -2.15. The Balaban J connectivity index is 1.83. The average Bonchev–Trinajstić information content (AvgIpc) is 3.13. The Bertz CT molecular complexity index is 914. The molecule has 0 unspecified atom stereocenters. The number of ether oxygens (including phenoxy) is 1. The van der Waals surface area contributed by atoms with Crippen molar-refractivity contribution in [1.82, 2.24) is 4.98 Å². The van der Waals surface area contributed by atoms with Gasteiger partial charge in [0.25, 0.3) is 5.91 Å². The second kappa shape index (κ2) is 7.70. The minimum atomic E-state index is -0.183. The molecule has 1 aromatic heterocycles. The molecule has 3 aromatic rings. The van der Waals surface area contributed by atoms with E-state index in [1.54, 1.807) is 12.5 Å². The molecule has 1 heterocycles. The third-order valence-corrected chi connectivity index (χ3v) is 5.13. The number of thiazole rings is 1. The lowest BCUT2D eigenvalue weighted by atomic mass is 9.98. The smallest absolute Gasteiger partial charge is 0.275 e. The fourth-order valence-corrected chi connectivity index (χ4v) is 3.57. The first-order chi connectivity index (χ1) is 12.5. The maximum Gasteiger partial charge on any atom is 0.275 e. The second-order valence-electron chi connectivity index (χ2n) is 6.41. The van der Waals surface area contributed by atoms with Gasteiger partial charge in [-0.3, -0.25) is 4.79 Å². The molecule has 0 spiro atoms. The Kier molecular flexibility index (Phi) is 5.38. The predicted octanol–water partition coefficient (Wildman–Crippen LogP) is 5.50. The standard InChI is InChI=1S/C21H22N2O2S/c1-13(2)17-7-5-6-14(3)19(17)23-20(24)18-12-26-21(22-18)15-8-10-16(25-4)11-9-15/h5-13H,1-4H3,(H,23,24). The van der Waals surface area contributed by atoms with Gasteiger partial charge >= 0.3 is 0 Å². The van der Waals surface area contributed by atoms with Crippen molar-refractivity contribution >= 4 is 22.9 Å². The molecule has 4 nitrogen and oxygen atoms in total. The van der Waals surface area contributed by atoms with Gasteiger partial charge < -0.3 is 10.1 Å². The van der Waals surface area contributed by atoms with Gasteiger partial charge in [-0.15, -0.1) is 11.3 Å². The second-order valence-corrected chi connectivity index (χ2v) is 7.27. The van der Waals surface area contributed by atoms with Crippen LogP contribution in [0.3, 0.4) is 0 Å². The van der Waals surface area contributed by atoms with Crippen LogP contribution in [0.4, 0.5) is 5.69 Å². The topological polar surface area (TPSA) is 51.2 Å².